The Kier molecular flexibility index (Phi) is 8.80. The van der Waals surface area contributed by atoms with E-state index in [0.717, 1.165) is 5.56 Å². The summed E-state index contributed by atoms with van der Waals surface area (Å²) in [5, 5.41) is 2.85. The molecule has 1 aliphatic heterocycles. The maximum atomic E-state index is 13.7. The van der Waals surface area contributed by atoms with Gasteiger partial charge in [0, 0.05) is 32.7 Å². The number of ether oxygens (including phenoxy) is 1. The first-order chi connectivity index (χ1) is 16.3. The van der Waals surface area contributed by atoms with Crippen LogP contribution in [0.3, 0.4) is 0 Å². The summed E-state index contributed by atoms with van der Waals surface area (Å²) in [6.45, 7) is 1.20. The second-order valence-electron chi connectivity index (χ2n) is 7.78. The second-order valence-corrected chi connectivity index (χ2v) is 7.78. The highest BCUT2D eigenvalue weighted by atomic mass is 19.2. The molecule has 3 rings (SSSR count). The first kappa shape index (κ1) is 25.4. The van der Waals surface area contributed by atoms with Crippen molar-refractivity contribution < 1.29 is 36.3 Å². The van der Waals surface area contributed by atoms with E-state index in [1.54, 1.807) is 0 Å². The Morgan fingerprint density at radius 1 is 0.853 bits per heavy atom. The molecular formula is C23H24F5N3O3. The highest BCUT2D eigenvalue weighted by Gasteiger charge is 2.28. The van der Waals surface area contributed by atoms with Crippen LogP contribution in [0.5, 0.6) is 5.75 Å². The highest BCUT2D eigenvalue weighted by Crippen LogP contribution is 2.29. The Hall–Kier alpha value is -3.21. The van der Waals surface area contributed by atoms with Gasteiger partial charge in [0.05, 0.1) is 6.54 Å². The summed E-state index contributed by atoms with van der Waals surface area (Å²) in [6, 6.07) is 9.72. The number of carbonyl (C=O) groups is 2. The van der Waals surface area contributed by atoms with Gasteiger partial charge in [-0.25, -0.2) is 13.2 Å². The summed E-state index contributed by atoms with van der Waals surface area (Å²) in [4.78, 5) is 27.8. The third-order valence-corrected chi connectivity index (χ3v) is 5.40. The molecule has 1 saturated heterocycles. The Balaban J connectivity index is 1.45. The lowest BCUT2D eigenvalue weighted by atomic mass is 10.1. The van der Waals surface area contributed by atoms with E-state index in [1.807, 2.05) is 35.2 Å². The molecule has 1 aliphatic rings. The molecule has 1 fully saturated rings. The van der Waals surface area contributed by atoms with Crippen LogP contribution in [-0.2, 0) is 16.0 Å². The van der Waals surface area contributed by atoms with Gasteiger partial charge >= 0.3 is 0 Å². The largest absolute Gasteiger partial charge is 0.477 e. The topological polar surface area (TPSA) is 61.9 Å². The first-order valence-corrected chi connectivity index (χ1v) is 10.7. The average molecular weight is 485 g/mol. The maximum Gasteiger partial charge on any atom is 0.260 e. The van der Waals surface area contributed by atoms with Crippen molar-refractivity contribution in [3.63, 3.8) is 0 Å². The van der Waals surface area contributed by atoms with E-state index in [0.29, 0.717) is 39.0 Å². The molecule has 0 spiro atoms. The number of carbonyl (C=O) groups excluding carboxylic acids is 2. The van der Waals surface area contributed by atoms with Gasteiger partial charge in [-0.15, -0.1) is 0 Å². The Morgan fingerprint density at radius 3 is 2.18 bits per heavy atom. The molecular weight excluding hydrogens is 461 g/mol. The molecule has 1 N–H and O–H groups in total. The summed E-state index contributed by atoms with van der Waals surface area (Å²) in [6.07, 6.45) is 1.24. The number of nitrogens with one attached hydrogen (secondary N) is 1. The van der Waals surface area contributed by atoms with E-state index in [2.05, 4.69) is 10.1 Å². The monoisotopic (exact) mass is 485 g/mol. The van der Waals surface area contributed by atoms with Gasteiger partial charge in [-0.3, -0.25) is 14.5 Å². The number of rotatable bonds is 8. The molecule has 0 radical (unpaired) electrons. The van der Waals surface area contributed by atoms with Crippen molar-refractivity contribution in [3.05, 3.63) is 65.0 Å². The quantitative estimate of drug-likeness (QED) is 0.355. The Morgan fingerprint density at radius 2 is 1.50 bits per heavy atom. The number of nitrogens with zero attached hydrogens (tertiary/aromatic N) is 2. The second kappa shape index (κ2) is 11.8. The fourth-order valence-corrected chi connectivity index (χ4v) is 3.57. The van der Waals surface area contributed by atoms with Crippen LogP contribution in [0, 0.1) is 29.1 Å². The predicted octanol–water partition coefficient (Wildman–Crippen LogP) is 2.65. The molecule has 184 valence electrons. The molecule has 2 aromatic rings. The van der Waals surface area contributed by atoms with Gasteiger partial charge in [0.1, 0.15) is 0 Å². The molecule has 11 heteroatoms. The van der Waals surface area contributed by atoms with Crippen LogP contribution in [0.4, 0.5) is 22.0 Å². The predicted molar refractivity (Wildman–Crippen MR) is 113 cm³/mol. The first-order valence-electron chi connectivity index (χ1n) is 10.7. The molecule has 0 atom stereocenters. The minimum Gasteiger partial charge on any atom is -0.477 e. The molecule has 1 heterocycles. The summed E-state index contributed by atoms with van der Waals surface area (Å²) in [7, 11) is 0. The molecule has 2 amide bonds. The molecule has 0 aliphatic carbocycles. The van der Waals surface area contributed by atoms with Crippen molar-refractivity contribution in [1.29, 1.82) is 0 Å². The van der Waals surface area contributed by atoms with Crippen LogP contribution >= 0.6 is 0 Å². The molecule has 0 unspecified atom stereocenters. The van der Waals surface area contributed by atoms with Gasteiger partial charge in [0.2, 0.25) is 35.0 Å². The van der Waals surface area contributed by atoms with Gasteiger partial charge in [-0.2, -0.15) is 8.78 Å². The Labute approximate surface area is 193 Å². The van der Waals surface area contributed by atoms with Crippen LogP contribution < -0.4 is 10.1 Å². The number of hydrogen-bond acceptors (Lipinski definition) is 4. The molecule has 0 bridgehead atoms. The lowest BCUT2D eigenvalue weighted by molar-refractivity contribution is -0.133. The van der Waals surface area contributed by atoms with Gasteiger partial charge in [0.25, 0.3) is 5.91 Å². The summed E-state index contributed by atoms with van der Waals surface area (Å²) in [5.74, 6) is -13.2. The highest BCUT2D eigenvalue weighted by molar-refractivity contribution is 5.78. The van der Waals surface area contributed by atoms with Crippen molar-refractivity contribution in [2.45, 2.75) is 12.8 Å². The average Bonchev–Trinajstić information content (AvgIpc) is 3.07. The molecule has 0 aromatic heterocycles. The van der Waals surface area contributed by atoms with Crippen molar-refractivity contribution in [2.24, 2.45) is 0 Å². The van der Waals surface area contributed by atoms with E-state index in [9.17, 15) is 31.5 Å². The molecule has 2 aromatic carbocycles. The van der Waals surface area contributed by atoms with Crippen molar-refractivity contribution in [1.82, 2.24) is 15.1 Å². The lowest BCUT2D eigenvalue weighted by Crippen LogP contribution is -2.41. The van der Waals surface area contributed by atoms with E-state index in [-0.39, 0.29) is 19.0 Å². The van der Waals surface area contributed by atoms with E-state index in [4.69, 9.17) is 0 Å². The normalized spacial score (nSPS) is 14.6. The minimum atomic E-state index is -2.30. The van der Waals surface area contributed by atoms with Crippen LogP contribution in [0.25, 0.3) is 0 Å². The summed E-state index contributed by atoms with van der Waals surface area (Å²) in [5.41, 5.74) is 1.11. The zero-order chi connectivity index (χ0) is 24.7. The lowest BCUT2D eigenvalue weighted by Gasteiger charge is -2.22. The summed E-state index contributed by atoms with van der Waals surface area (Å²) >= 11 is 0. The zero-order valence-electron chi connectivity index (χ0n) is 18.3. The van der Waals surface area contributed by atoms with Crippen molar-refractivity contribution in [3.8, 4) is 5.75 Å². The molecule has 6 nitrogen and oxygen atoms in total. The Bertz CT molecular complexity index is 994. The fraction of sp³-hybridized carbons (Fsp3) is 0.391. The number of amides is 2. The van der Waals surface area contributed by atoms with Gasteiger partial charge in [-0.1, -0.05) is 30.3 Å². The van der Waals surface area contributed by atoms with E-state index in [1.165, 1.54) is 4.90 Å². The van der Waals surface area contributed by atoms with E-state index >= 15 is 0 Å². The van der Waals surface area contributed by atoms with Gasteiger partial charge in [-0.05, 0) is 18.4 Å². The maximum absolute atomic E-state index is 13.7. The van der Waals surface area contributed by atoms with Crippen molar-refractivity contribution in [2.75, 3.05) is 45.9 Å². The molecule has 0 saturated carbocycles. The van der Waals surface area contributed by atoms with Crippen LogP contribution in [0.2, 0.25) is 0 Å². The minimum absolute atomic E-state index is 0.148. The zero-order valence-corrected chi connectivity index (χ0v) is 18.3. The van der Waals surface area contributed by atoms with E-state index < -0.39 is 47.3 Å². The number of halogens is 5. The van der Waals surface area contributed by atoms with Crippen LogP contribution in [0.1, 0.15) is 12.0 Å². The third kappa shape index (κ3) is 6.43. The number of benzene rings is 2. The smallest absolute Gasteiger partial charge is 0.260 e. The number of hydrogen-bond donors (Lipinski definition) is 1. The van der Waals surface area contributed by atoms with Crippen LogP contribution in [-0.4, -0.2) is 67.5 Å². The van der Waals surface area contributed by atoms with Crippen molar-refractivity contribution >= 4 is 11.8 Å². The van der Waals surface area contributed by atoms with Crippen LogP contribution in [0.15, 0.2) is 30.3 Å². The third-order valence-electron chi connectivity index (χ3n) is 5.40. The SMILES string of the molecule is O=C(CN1CCCN(C(=O)COc2c(F)c(F)c(F)c(F)c2F)CC1)NCCc1ccccc1. The summed E-state index contributed by atoms with van der Waals surface area (Å²) < 4.78 is 71.7. The molecule has 34 heavy (non-hydrogen) atoms. The van der Waals surface area contributed by atoms with Gasteiger partial charge < -0.3 is 15.0 Å². The van der Waals surface area contributed by atoms with Gasteiger partial charge in [0.15, 0.2) is 12.4 Å². The standard InChI is InChI=1S/C23H24F5N3O3/c24-18-19(25)21(27)23(22(28)20(18)26)34-14-17(33)31-10-4-9-30(11-12-31)13-16(32)29-8-7-15-5-2-1-3-6-15/h1-3,5-6H,4,7-14H2,(H,29,32). The fourth-order valence-electron chi connectivity index (χ4n) is 3.57.